The van der Waals surface area contributed by atoms with Gasteiger partial charge in [0.25, 0.3) is 10.0 Å². The Morgan fingerprint density at radius 2 is 2.32 bits per heavy atom. The van der Waals surface area contributed by atoms with Crippen LogP contribution in [0.15, 0.2) is 40.4 Å². The molecule has 6 nitrogen and oxygen atoms in total. The summed E-state index contributed by atoms with van der Waals surface area (Å²) >= 11 is 0. The quantitative estimate of drug-likeness (QED) is 0.855. The van der Waals surface area contributed by atoms with Gasteiger partial charge >= 0.3 is 0 Å². The third kappa shape index (κ3) is 2.08. The van der Waals surface area contributed by atoms with Gasteiger partial charge in [-0.15, -0.1) is 0 Å². The van der Waals surface area contributed by atoms with Gasteiger partial charge in [0.05, 0.1) is 18.6 Å². The second-order valence-corrected chi connectivity index (χ2v) is 6.50. The molecule has 0 saturated carbocycles. The number of furan rings is 1. The van der Waals surface area contributed by atoms with Gasteiger partial charge in [0.15, 0.2) is 5.03 Å². The van der Waals surface area contributed by atoms with E-state index in [1.54, 1.807) is 23.9 Å². The first-order valence-corrected chi connectivity index (χ1v) is 7.56. The van der Waals surface area contributed by atoms with Gasteiger partial charge in [0, 0.05) is 19.8 Å². The summed E-state index contributed by atoms with van der Waals surface area (Å²) in [6, 6.07) is 3.37. The molecule has 1 unspecified atom stereocenters. The number of sulfonamides is 1. The van der Waals surface area contributed by atoms with Crippen molar-refractivity contribution >= 4 is 10.0 Å². The van der Waals surface area contributed by atoms with Gasteiger partial charge in [-0.1, -0.05) is 0 Å². The molecule has 1 aliphatic rings. The zero-order valence-electron chi connectivity index (χ0n) is 10.6. The topological polar surface area (TPSA) is 68.3 Å². The maximum atomic E-state index is 12.6. The summed E-state index contributed by atoms with van der Waals surface area (Å²) in [5.74, 6) is 0.692. The van der Waals surface area contributed by atoms with Crippen molar-refractivity contribution in [3.63, 3.8) is 0 Å². The molecule has 0 aliphatic carbocycles. The molecule has 3 heterocycles. The Morgan fingerprint density at radius 1 is 1.47 bits per heavy atom. The van der Waals surface area contributed by atoms with E-state index in [0.717, 1.165) is 12.8 Å². The average molecular weight is 281 g/mol. The summed E-state index contributed by atoms with van der Waals surface area (Å²) < 4.78 is 33.6. The monoisotopic (exact) mass is 281 g/mol. The Bertz CT molecular complexity index is 660. The van der Waals surface area contributed by atoms with Gasteiger partial charge in [-0.3, -0.25) is 0 Å². The van der Waals surface area contributed by atoms with E-state index in [9.17, 15) is 8.42 Å². The lowest BCUT2D eigenvalue weighted by atomic mass is 10.2. The van der Waals surface area contributed by atoms with E-state index >= 15 is 0 Å². The predicted molar refractivity (Wildman–Crippen MR) is 67.8 cm³/mol. The molecule has 19 heavy (non-hydrogen) atoms. The smallest absolute Gasteiger partial charge is 0.262 e. The summed E-state index contributed by atoms with van der Waals surface area (Å²) in [6.07, 6.45) is 6.19. The Labute approximate surface area is 111 Å². The third-order valence-corrected chi connectivity index (χ3v) is 5.12. The predicted octanol–water partition coefficient (Wildman–Crippen LogP) is 1.54. The number of nitrogens with zero attached hydrogens (tertiary/aromatic N) is 3. The first-order valence-electron chi connectivity index (χ1n) is 6.12. The van der Waals surface area contributed by atoms with E-state index in [1.165, 1.54) is 16.8 Å². The molecule has 0 N–H and O–H groups in total. The Kier molecular flexibility index (Phi) is 2.94. The van der Waals surface area contributed by atoms with Crippen molar-refractivity contribution in [1.82, 2.24) is 13.9 Å². The largest absolute Gasteiger partial charge is 0.468 e. The van der Waals surface area contributed by atoms with Crippen molar-refractivity contribution in [3.05, 3.63) is 36.7 Å². The highest BCUT2D eigenvalue weighted by atomic mass is 32.2. The summed E-state index contributed by atoms with van der Waals surface area (Å²) in [6.45, 7) is 0.504. The lowest BCUT2D eigenvalue weighted by molar-refractivity contribution is 0.339. The SMILES string of the molecule is Cn1cnc(S(=O)(=O)N2CCCC2c2ccco2)c1. The van der Waals surface area contributed by atoms with E-state index in [1.807, 2.05) is 6.07 Å². The van der Waals surface area contributed by atoms with Crippen molar-refractivity contribution in [2.75, 3.05) is 6.54 Å². The first-order chi connectivity index (χ1) is 9.09. The molecule has 3 rings (SSSR count). The Morgan fingerprint density at radius 3 is 2.95 bits per heavy atom. The zero-order chi connectivity index (χ0) is 13.5. The molecule has 0 bridgehead atoms. The molecule has 0 aromatic carbocycles. The molecular formula is C12H15N3O3S. The number of aryl methyl sites for hydroxylation is 1. The molecule has 2 aromatic rings. The van der Waals surface area contributed by atoms with E-state index in [-0.39, 0.29) is 11.1 Å². The van der Waals surface area contributed by atoms with E-state index in [0.29, 0.717) is 12.3 Å². The van der Waals surface area contributed by atoms with Crippen LogP contribution in [0.2, 0.25) is 0 Å². The highest BCUT2D eigenvalue weighted by Crippen LogP contribution is 2.36. The van der Waals surface area contributed by atoms with Crippen LogP contribution in [0, 0.1) is 0 Å². The third-order valence-electron chi connectivity index (χ3n) is 3.33. The molecule has 1 atom stereocenters. The van der Waals surface area contributed by atoms with E-state index in [2.05, 4.69) is 4.98 Å². The molecule has 102 valence electrons. The summed E-state index contributed by atoms with van der Waals surface area (Å²) in [7, 11) is -1.80. The highest BCUT2D eigenvalue weighted by Gasteiger charge is 2.38. The second kappa shape index (κ2) is 4.50. The number of hydrogen-bond acceptors (Lipinski definition) is 4. The standard InChI is InChI=1S/C12H15N3O3S/c1-14-8-12(13-9-14)19(16,17)15-6-2-4-10(15)11-5-3-7-18-11/h3,5,7-10H,2,4,6H2,1H3. The molecule has 0 spiro atoms. The minimum Gasteiger partial charge on any atom is -0.468 e. The number of aromatic nitrogens is 2. The lowest BCUT2D eigenvalue weighted by Crippen LogP contribution is -2.30. The van der Waals surface area contributed by atoms with Crippen LogP contribution in [-0.4, -0.2) is 28.8 Å². The van der Waals surface area contributed by atoms with Crippen LogP contribution in [0.4, 0.5) is 0 Å². The molecule has 0 radical (unpaired) electrons. The van der Waals surface area contributed by atoms with Crippen LogP contribution in [0.25, 0.3) is 0 Å². The minimum absolute atomic E-state index is 0.0912. The van der Waals surface area contributed by atoms with Crippen LogP contribution >= 0.6 is 0 Å². The van der Waals surface area contributed by atoms with Crippen LogP contribution in [-0.2, 0) is 17.1 Å². The van der Waals surface area contributed by atoms with Crippen LogP contribution in [0.3, 0.4) is 0 Å². The van der Waals surface area contributed by atoms with Gasteiger partial charge in [-0.2, -0.15) is 4.31 Å². The van der Waals surface area contributed by atoms with Gasteiger partial charge in [-0.05, 0) is 25.0 Å². The van der Waals surface area contributed by atoms with Gasteiger partial charge in [-0.25, -0.2) is 13.4 Å². The van der Waals surface area contributed by atoms with Crippen LogP contribution in [0.5, 0.6) is 0 Å². The van der Waals surface area contributed by atoms with Gasteiger partial charge in [0.1, 0.15) is 5.76 Å². The maximum absolute atomic E-state index is 12.6. The highest BCUT2D eigenvalue weighted by molar-refractivity contribution is 7.89. The van der Waals surface area contributed by atoms with Gasteiger partial charge < -0.3 is 8.98 Å². The Hall–Kier alpha value is -1.60. The maximum Gasteiger partial charge on any atom is 0.262 e. The number of hydrogen-bond donors (Lipinski definition) is 0. The number of imidazole rings is 1. The molecule has 1 aliphatic heterocycles. The van der Waals surface area contributed by atoms with Crippen molar-refractivity contribution in [1.29, 1.82) is 0 Å². The van der Waals surface area contributed by atoms with Crippen LogP contribution < -0.4 is 0 Å². The Balaban J connectivity index is 1.96. The molecular weight excluding hydrogens is 266 g/mol. The van der Waals surface area contributed by atoms with Crippen molar-refractivity contribution in [3.8, 4) is 0 Å². The molecule has 1 fully saturated rings. The fourth-order valence-electron chi connectivity index (χ4n) is 2.44. The first kappa shape index (κ1) is 12.4. The van der Waals surface area contributed by atoms with Crippen molar-refractivity contribution in [2.45, 2.75) is 23.9 Å². The molecule has 7 heteroatoms. The van der Waals surface area contributed by atoms with Gasteiger partial charge in [0.2, 0.25) is 0 Å². The molecule has 1 saturated heterocycles. The molecule has 0 amide bonds. The normalized spacial score (nSPS) is 21.0. The summed E-state index contributed by atoms with van der Waals surface area (Å²) in [5, 5.41) is 0.0912. The van der Waals surface area contributed by atoms with Crippen molar-refractivity contribution < 1.29 is 12.8 Å². The second-order valence-electron chi connectivity index (χ2n) is 4.67. The lowest BCUT2D eigenvalue weighted by Gasteiger charge is -2.21. The zero-order valence-corrected chi connectivity index (χ0v) is 11.4. The summed E-state index contributed by atoms with van der Waals surface area (Å²) in [5.41, 5.74) is 0. The fraction of sp³-hybridized carbons (Fsp3) is 0.417. The number of rotatable bonds is 3. The summed E-state index contributed by atoms with van der Waals surface area (Å²) in [4.78, 5) is 3.95. The van der Waals surface area contributed by atoms with E-state index in [4.69, 9.17) is 4.42 Å². The molecule has 2 aromatic heterocycles. The minimum atomic E-state index is -3.55. The van der Waals surface area contributed by atoms with E-state index < -0.39 is 10.0 Å². The van der Waals surface area contributed by atoms with Crippen LogP contribution in [0.1, 0.15) is 24.6 Å². The average Bonchev–Trinajstić information content (AvgIpc) is 3.09. The van der Waals surface area contributed by atoms with Crippen molar-refractivity contribution in [2.24, 2.45) is 7.05 Å². The fourth-order valence-corrected chi connectivity index (χ4v) is 4.07.